The highest BCUT2D eigenvalue weighted by Gasteiger charge is 2.13. The molecular formula is C15H24O3P+. The van der Waals surface area contributed by atoms with Crippen molar-refractivity contribution in [1.29, 1.82) is 0 Å². The molecule has 0 saturated heterocycles. The average molecular weight is 283 g/mol. The first kappa shape index (κ1) is 16.1. The molecule has 0 spiro atoms. The molecule has 0 fully saturated rings. The van der Waals surface area contributed by atoms with Crippen LogP contribution in [0, 0.1) is 0 Å². The molecule has 0 aliphatic heterocycles. The number of unbranched alkanes of at least 4 members (excludes halogenated alkanes) is 6. The van der Waals surface area contributed by atoms with E-state index in [-0.39, 0.29) is 0 Å². The maximum atomic E-state index is 10.5. The molecule has 0 amide bonds. The maximum absolute atomic E-state index is 10.5. The van der Waals surface area contributed by atoms with Gasteiger partial charge in [0.2, 0.25) is 0 Å². The van der Waals surface area contributed by atoms with Crippen LogP contribution in [0.5, 0.6) is 5.75 Å². The van der Waals surface area contributed by atoms with E-state index in [0.717, 1.165) is 6.42 Å². The highest BCUT2D eigenvalue weighted by Crippen LogP contribution is 2.23. The van der Waals surface area contributed by atoms with Gasteiger partial charge in [-0.05, 0) is 30.5 Å². The van der Waals surface area contributed by atoms with E-state index < -0.39 is 8.25 Å². The van der Waals surface area contributed by atoms with E-state index in [1.807, 2.05) is 12.1 Å². The molecule has 0 aromatic heterocycles. The van der Waals surface area contributed by atoms with E-state index in [1.54, 1.807) is 12.1 Å². The fourth-order valence-electron chi connectivity index (χ4n) is 2.09. The zero-order valence-corrected chi connectivity index (χ0v) is 12.6. The highest BCUT2D eigenvalue weighted by atomic mass is 31.1. The smallest absolute Gasteiger partial charge is 0.229 e. The van der Waals surface area contributed by atoms with Crippen molar-refractivity contribution in [3.8, 4) is 5.75 Å². The summed E-state index contributed by atoms with van der Waals surface area (Å²) in [6.07, 6.45) is 10.3. The number of hydrogen-bond acceptors (Lipinski definition) is 2. The molecule has 0 saturated carbocycles. The first-order valence-electron chi connectivity index (χ1n) is 7.15. The van der Waals surface area contributed by atoms with Gasteiger partial charge in [-0.15, -0.1) is 4.89 Å². The van der Waals surface area contributed by atoms with E-state index >= 15 is 0 Å². The fourth-order valence-corrected chi connectivity index (χ4v) is 2.40. The van der Waals surface area contributed by atoms with Crippen LogP contribution in [-0.2, 0) is 11.0 Å². The summed E-state index contributed by atoms with van der Waals surface area (Å²) in [6, 6.07) is 7.43. The minimum Gasteiger partial charge on any atom is -0.229 e. The van der Waals surface area contributed by atoms with E-state index in [2.05, 4.69) is 6.92 Å². The summed E-state index contributed by atoms with van der Waals surface area (Å²) in [6.45, 7) is 2.24. The second-order valence-corrected chi connectivity index (χ2v) is 5.50. The second kappa shape index (κ2) is 9.94. The van der Waals surface area contributed by atoms with Gasteiger partial charge in [-0.2, -0.15) is 0 Å². The lowest BCUT2D eigenvalue weighted by Crippen LogP contribution is -1.87. The Labute approximate surface area is 117 Å². The summed E-state index contributed by atoms with van der Waals surface area (Å²) in [7, 11) is -2.56. The zero-order chi connectivity index (χ0) is 13.9. The summed E-state index contributed by atoms with van der Waals surface area (Å²) >= 11 is 0. The molecule has 0 radical (unpaired) electrons. The fraction of sp³-hybridized carbons (Fsp3) is 0.600. The van der Waals surface area contributed by atoms with Crippen LogP contribution in [0.25, 0.3) is 0 Å². The van der Waals surface area contributed by atoms with Crippen LogP contribution in [0.3, 0.4) is 0 Å². The van der Waals surface area contributed by atoms with Gasteiger partial charge in [0.15, 0.2) is 5.75 Å². The normalized spacial score (nSPS) is 11.4. The Balaban J connectivity index is 2.14. The van der Waals surface area contributed by atoms with E-state index in [1.165, 1.54) is 50.5 Å². The molecule has 0 aliphatic carbocycles. The van der Waals surface area contributed by atoms with Crippen LogP contribution in [-0.4, -0.2) is 4.89 Å². The number of hydrogen-bond donors (Lipinski definition) is 1. The first-order valence-corrected chi connectivity index (χ1v) is 8.28. The Kier molecular flexibility index (Phi) is 8.44. The average Bonchev–Trinajstić information content (AvgIpc) is 2.39. The Morgan fingerprint density at radius 2 is 1.58 bits per heavy atom. The molecule has 1 aromatic rings. The molecule has 1 N–H and O–H groups in total. The second-order valence-electron chi connectivity index (χ2n) is 4.84. The van der Waals surface area contributed by atoms with Gasteiger partial charge in [-0.25, -0.2) is 4.52 Å². The summed E-state index contributed by atoms with van der Waals surface area (Å²) in [4.78, 5) is 8.62. The van der Waals surface area contributed by atoms with Crippen molar-refractivity contribution >= 4 is 8.25 Å². The minimum absolute atomic E-state index is 0.451. The first-order chi connectivity index (χ1) is 9.22. The van der Waals surface area contributed by atoms with Gasteiger partial charge < -0.3 is 0 Å². The van der Waals surface area contributed by atoms with Crippen LogP contribution in [0.15, 0.2) is 24.3 Å². The molecule has 0 bridgehead atoms. The Bertz CT molecular complexity index is 362. The maximum Gasteiger partial charge on any atom is 0.747 e. The molecule has 1 rings (SSSR count). The lowest BCUT2D eigenvalue weighted by molar-refractivity contribution is 0.410. The van der Waals surface area contributed by atoms with Crippen LogP contribution in [0.4, 0.5) is 0 Å². The predicted molar refractivity (Wildman–Crippen MR) is 78.6 cm³/mol. The Morgan fingerprint density at radius 1 is 1.00 bits per heavy atom. The summed E-state index contributed by atoms with van der Waals surface area (Å²) in [5.74, 6) is 0.451. The summed E-state index contributed by atoms with van der Waals surface area (Å²) in [5, 5.41) is 0. The molecule has 3 nitrogen and oxygen atoms in total. The Hall–Kier alpha value is -0.920. The Morgan fingerprint density at radius 3 is 2.16 bits per heavy atom. The molecular weight excluding hydrogens is 259 g/mol. The molecule has 1 atom stereocenters. The monoisotopic (exact) mass is 283 g/mol. The van der Waals surface area contributed by atoms with Gasteiger partial charge in [0.05, 0.1) is 0 Å². The number of aryl methyl sites for hydroxylation is 1. The van der Waals surface area contributed by atoms with Gasteiger partial charge in [-0.3, -0.25) is 0 Å². The van der Waals surface area contributed by atoms with Crippen molar-refractivity contribution in [2.75, 3.05) is 0 Å². The third-order valence-electron chi connectivity index (χ3n) is 3.18. The summed E-state index contributed by atoms with van der Waals surface area (Å²) < 4.78 is 15.2. The third kappa shape index (κ3) is 7.97. The molecule has 4 heteroatoms. The van der Waals surface area contributed by atoms with Crippen molar-refractivity contribution in [3.05, 3.63) is 29.8 Å². The topological polar surface area (TPSA) is 46.5 Å². The van der Waals surface area contributed by atoms with E-state index in [9.17, 15) is 4.57 Å². The van der Waals surface area contributed by atoms with Gasteiger partial charge in [0.25, 0.3) is 0 Å². The SMILES string of the molecule is CCCCCCCCCc1ccc(O[P+](=O)O)cc1. The van der Waals surface area contributed by atoms with Gasteiger partial charge in [0, 0.05) is 4.57 Å². The van der Waals surface area contributed by atoms with Crippen LogP contribution in [0.1, 0.15) is 57.4 Å². The molecule has 0 aliphatic rings. The predicted octanol–water partition coefficient (Wildman–Crippen LogP) is 5.01. The summed E-state index contributed by atoms with van der Waals surface area (Å²) in [5.41, 5.74) is 1.26. The largest absolute Gasteiger partial charge is 0.747 e. The number of rotatable bonds is 10. The van der Waals surface area contributed by atoms with Crippen molar-refractivity contribution in [2.45, 2.75) is 58.3 Å². The standard InChI is InChI=1S/C15H23O3P/c1-2-3-4-5-6-7-8-9-14-10-12-15(13-11-14)18-19(16)17/h10-13H,2-9H2,1H3/p+1. The van der Waals surface area contributed by atoms with E-state index in [4.69, 9.17) is 9.42 Å². The van der Waals surface area contributed by atoms with E-state index in [0.29, 0.717) is 5.75 Å². The quantitative estimate of drug-likeness (QED) is 0.485. The van der Waals surface area contributed by atoms with Crippen LogP contribution >= 0.6 is 8.25 Å². The zero-order valence-electron chi connectivity index (χ0n) is 11.7. The van der Waals surface area contributed by atoms with Gasteiger partial charge >= 0.3 is 8.25 Å². The molecule has 0 heterocycles. The van der Waals surface area contributed by atoms with Crippen molar-refractivity contribution in [2.24, 2.45) is 0 Å². The van der Waals surface area contributed by atoms with Crippen molar-refractivity contribution < 1.29 is 14.0 Å². The minimum atomic E-state index is -2.56. The highest BCUT2D eigenvalue weighted by molar-refractivity contribution is 7.32. The van der Waals surface area contributed by atoms with Crippen LogP contribution in [0.2, 0.25) is 0 Å². The van der Waals surface area contributed by atoms with Crippen molar-refractivity contribution in [1.82, 2.24) is 0 Å². The van der Waals surface area contributed by atoms with Crippen LogP contribution < -0.4 is 4.52 Å². The van der Waals surface area contributed by atoms with Gasteiger partial charge in [0.1, 0.15) is 0 Å². The molecule has 19 heavy (non-hydrogen) atoms. The lowest BCUT2D eigenvalue weighted by Gasteiger charge is -2.02. The molecule has 1 aromatic carbocycles. The molecule has 106 valence electrons. The van der Waals surface area contributed by atoms with Gasteiger partial charge in [-0.1, -0.05) is 57.6 Å². The third-order valence-corrected chi connectivity index (χ3v) is 3.54. The molecule has 1 unspecified atom stereocenters. The number of benzene rings is 1. The lowest BCUT2D eigenvalue weighted by atomic mass is 10.0. The van der Waals surface area contributed by atoms with Crippen molar-refractivity contribution in [3.63, 3.8) is 0 Å².